The maximum atomic E-state index is 12.7. The first-order valence-corrected chi connectivity index (χ1v) is 20.8. The lowest BCUT2D eigenvalue weighted by Crippen LogP contribution is -2.52. The Bertz CT molecular complexity index is 1300. The Kier molecular flexibility index (Phi) is 32.5. The van der Waals surface area contributed by atoms with E-state index in [0.29, 0.717) is 6.42 Å². The first-order valence-electron chi connectivity index (χ1n) is 20.8. The second kappa shape index (κ2) is 35.3. The molecule has 338 valence electrons. The van der Waals surface area contributed by atoms with Gasteiger partial charge in [0.05, 0.1) is 25.9 Å². The molecule has 0 aromatic heterocycles. The lowest BCUT2D eigenvalue weighted by molar-refractivity contribution is -0.142. The van der Waals surface area contributed by atoms with Crippen LogP contribution in [0.15, 0.2) is 0 Å². The van der Waals surface area contributed by atoms with Crippen LogP contribution in [-0.4, -0.2) is 125 Å². The Morgan fingerprint density at radius 3 is 1.37 bits per heavy atom. The zero-order chi connectivity index (χ0) is 44.3. The van der Waals surface area contributed by atoms with E-state index < -0.39 is 78.5 Å². The Hall–Kier alpha value is -4.65. The number of carbonyl (C=O) groups excluding carboxylic acids is 5. The molecular weight excluding hydrogens is 776 g/mol. The molecule has 0 aliphatic carbocycles. The second-order valence-electron chi connectivity index (χ2n) is 14.5. The molecule has 0 aliphatic heterocycles. The first kappa shape index (κ1) is 54.3. The SMILES string of the molecule is CC(=O)[C@H](CCC(=O)O)NC(=O)[C@H](CCC(=O)O)NC(=O)COCCOCCNC(=O)CC[C@H](NC(=O)CCCCCCCCCCCCCCCCC(=O)O)C(=O)O. The number of carboxylic acid groups (broad SMARTS) is 4. The third-order valence-electron chi connectivity index (χ3n) is 9.26. The van der Waals surface area contributed by atoms with Gasteiger partial charge in [-0.3, -0.25) is 38.4 Å². The summed E-state index contributed by atoms with van der Waals surface area (Å²) >= 11 is 0. The fourth-order valence-electron chi connectivity index (χ4n) is 5.91. The molecule has 0 rings (SSSR count). The maximum absolute atomic E-state index is 12.7. The molecule has 0 unspecified atom stereocenters. The Labute approximate surface area is 346 Å². The average Bonchev–Trinajstić information content (AvgIpc) is 3.16. The highest BCUT2D eigenvalue weighted by molar-refractivity contribution is 5.92. The quantitative estimate of drug-likeness (QED) is 0.0411. The molecular formula is C40H68N4O15. The highest BCUT2D eigenvalue weighted by atomic mass is 16.5. The van der Waals surface area contributed by atoms with E-state index in [2.05, 4.69) is 21.3 Å². The summed E-state index contributed by atoms with van der Waals surface area (Å²) in [6, 6.07) is -3.64. The average molecular weight is 845 g/mol. The minimum absolute atomic E-state index is 0.0326. The minimum atomic E-state index is -1.32. The van der Waals surface area contributed by atoms with E-state index in [9.17, 15) is 48.3 Å². The minimum Gasteiger partial charge on any atom is -0.481 e. The van der Waals surface area contributed by atoms with Crippen molar-refractivity contribution < 1.29 is 73.1 Å². The van der Waals surface area contributed by atoms with Crippen LogP contribution < -0.4 is 21.3 Å². The number of Topliss-reactive ketones (excluding diaryl/α,β-unsaturated/α-hetero) is 1. The molecule has 0 aliphatic rings. The molecule has 59 heavy (non-hydrogen) atoms. The molecule has 0 bridgehead atoms. The summed E-state index contributed by atoms with van der Waals surface area (Å²) < 4.78 is 10.6. The van der Waals surface area contributed by atoms with Crippen molar-refractivity contribution in [3.05, 3.63) is 0 Å². The number of hydrogen-bond acceptors (Lipinski definition) is 11. The van der Waals surface area contributed by atoms with Crippen LogP contribution in [0, 0.1) is 0 Å². The summed E-state index contributed by atoms with van der Waals surface area (Å²) in [6.45, 7) is 0.839. The molecule has 19 heteroatoms. The molecule has 0 saturated carbocycles. The van der Waals surface area contributed by atoms with Gasteiger partial charge in [-0.15, -0.1) is 0 Å². The molecule has 19 nitrogen and oxygen atoms in total. The van der Waals surface area contributed by atoms with E-state index in [4.69, 9.17) is 24.8 Å². The third kappa shape index (κ3) is 34.0. The van der Waals surface area contributed by atoms with Crippen LogP contribution >= 0.6 is 0 Å². The molecule has 3 atom stereocenters. The number of carbonyl (C=O) groups is 9. The van der Waals surface area contributed by atoms with E-state index >= 15 is 0 Å². The third-order valence-corrected chi connectivity index (χ3v) is 9.26. The summed E-state index contributed by atoms with van der Waals surface area (Å²) in [4.78, 5) is 105. The lowest BCUT2D eigenvalue weighted by Gasteiger charge is -2.21. The zero-order valence-electron chi connectivity index (χ0n) is 34.6. The van der Waals surface area contributed by atoms with E-state index in [-0.39, 0.29) is 77.2 Å². The maximum Gasteiger partial charge on any atom is 0.326 e. The Morgan fingerprint density at radius 2 is 0.881 bits per heavy atom. The number of rotatable bonds is 40. The summed E-state index contributed by atoms with van der Waals surface area (Å²) in [7, 11) is 0. The number of nitrogens with one attached hydrogen (secondary N) is 4. The summed E-state index contributed by atoms with van der Waals surface area (Å²) in [6.07, 6.45) is 13.7. The van der Waals surface area contributed by atoms with Crippen LogP contribution in [0.2, 0.25) is 0 Å². The molecule has 0 aromatic carbocycles. The van der Waals surface area contributed by atoms with Crippen molar-refractivity contribution in [1.29, 1.82) is 0 Å². The van der Waals surface area contributed by atoms with Crippen LogP contribution in [0.5, 0.6) is 0 Å². The van der Waals surface area contributed by atoms with Gasteiger partial charge in [-0.2, -0.15) is 0 Å². The topological polar surface area (TPSA) is 301 Å². The van der Waals surface area contributed by atoms with Crippen molar-refractivity contribution in [2.24, 2.45) is 0 Å². The number of amides is 4. The normalized spacial score (nSPS) is 12.4. The second-order valence-corrected chi connectivity index (χ2v) is 14.5. The molecule has 8 N–H and O–H groups in total. The molecule has 0 saturated heterocycles. The van der Waals surface area contributed by atoms with Crippen molar-refractivity contribution >= 4 is 53.3 Å². The van der Waals surface area contributed by atoms with Gasteiger partial charge < -0.3 is 51.2 Å². The highest BCUT2D eigenvalue weighted by Gasteiger charge is 2.26. The van der Waals surface area contributed by atoms with Gasteiger partial charge in [0.2, 0.25) is 23.6 Å². The number of carboxylic acids is 4. The van der Waals surface area contributed by atoms with Crippen molar-refractivity contribution in [3.63, 3.8) is 0 Å². The van der Waals surface area contributed by atoms with Crippen molar-refractivity contribution in [2.75, 3.05) is 33.0 Å². The number of unbranched alkanes of at least 4 members (excludes halogenated alkanes) is 13. The van der Waals surface area contributed by atoms with Crippen LogP contribution in [0.4, 0.5) is 0 Å². The van der Waals surface area contributed by atoms with Crippen LogP contribution in [-0.2, 0) is 52.6 Å². The van der Waals surface area contributed by atoms with E-state index in [0.717, 1.165) is 58.3 Å². The van der Waals surface area contributed by atoms with Crippen LogP contribution in [0.3, 0.4) is 0 Å². The fourth-order valence-corrected chi connectivity index (χ4v) is 5.91. The number of ketones is 1. The monoisotopic (exact) mass is 844 g/mol. The number of hydrogen-bond donors (Lipinski definition) is 8. The fraction of sp³-hybridized carbons (Fsp3) is 0.775. The van der Waals surface area contributed by atoms with E-state index in [1.54, 1.807) is 0 Å². The van der Waals surface area contributed by atoms with Crippen LogP contribution in [0.1, 0.15) is 148 Å². The molecule has 0 fully saturated rings. The van der Waals surface area contributed by atoms with E-state index in [1.165, 1.54) is 32.1 Å². The first-order chi connectivity index (χ1) is 28.1. The predicted molar refractivity (Wildman–Crippen MR) is 213 cm³/mol. The van der Waals surface area contributed by atoms with Gasteiger partial charge in [0.25, 0.3) is 0 Å². The Morgan fingerprint density at radius 1 is 0.441 bits per heavy atom. The van der Waals surface area contributed by atoms with Gasteiger partial charge in [0.15, 0.2) is 5.78 Å². The predicted octanol–water partition coefficient (Wildman–Crippen LogP) is 3.10. The van der Waals surface area contributed by atoms with Gasteiger partial charge in [0.1, 0.15) is 18.7 Å². The van der Waals surface area contributed by atoms with Gasteiger partial charge in [-0.1, -0.05) is 77.0 Å². The van der Waals surface area contributed by atoms with Gasteiger partial charge in [-0.05, 0) is 39.0 Å². The molecule has 4 amide bonds. The Balaban J connectivity index is 4.11. The summed E-state index contributed by atoms with van der Waals surface area (Å²) in [5, 5.41) is 45.8. The molecule has 0 heterocycles. The van der Waals surface area contributed by atoms with Crippen molar-refractivity contribution in [1.82, 2.24) is 21.3 Å². The molecule has 0 spiro atoms. The zero-order valence-corrected chi connectivity index (χ0v) is 34.6. The van der Waals surface area contributed by atoms with Crippen molar-refractivity contribution in [3.8, 4) is 0 Å². The van der Waals surface area contributed by atoms with Gasteiger partial charge in [0, 0.05) is 38.6 Å². The number of ether oxygens (including phenoxy) is 2. The van der Waals surface area contributed by atoms with Gasteiger partial charge in [-0.25, -0.2) is 4.79 Å². The smallest absolute Gasteiger partial charge is 0.326 e. The lowest BCUT2D eigenvalue weighted by atomic mass is 10.0. The number of aliphatic carboxylic acids is 4. The highest BCUT2D eigenvalue weighted by Crippen LogP contribution is 2.14. The molecule has 0 radical (unpaired) electrons. The largest absolute Gasteiger partial charge is 0.481 e. The van der Waals surface area contributed by atoms with Crippen LogP contribution in [0.25, 0.3) is 0 Å². The standard InChI is InChI=1S/C40H68N4O15/c1-29(45)30(19-22-37(51)52)44-39(55)31(20-23-38(53)54)42-35(48)28-59-27-26-58-25-24-41-33(46)21-18-32(40(56)57)43-34(47)16-14-12-10-8-6-4-2-3-5-7-9-11-13-15-17-36(49)50/h30-32H,2-28H2,1H3,(H,41,46)(H,42,48)(H,43,47)(H,44,55)(H,49,50)(H,51,52)(H,53,54)(H,56,57)/t30-,31-,32-/m0/s1. The van der Waals surface area contributed by atoms with Crippen molar-refractivity contribution in [2.45, 2.75) is 166 Å². The summed E-state index contributed by atoms with van der Waals surface area (Å²) in [5.41, 5.74) is 0. The molecule has 0 aromatic rings. The van der Waals surface area contributed by atoms with Gasteiger partial charge >= 0.3 is 23.9 Å². The summed E-state index contributed by atoms with van der Waals surface area (Å²) in [5.74, 6) is -7.24. The van der Waals surface area contributed by atoms with E-state index in [1.807, 2.05) is 0 Å².